The second kappa shape index (κ2) is 6.97. The van der Waals surface area contributed by atoms with Crippen LogP contribution in [-0.4, -0.2) is 19.6 Å². The zero-order valence-electron chi connectivity index (χ0n) is 13.0. The second-order valence-corrected chi connectivity index (χ2v) is 6.69. The Morgan fingerprint density at radius 3 is 2.59 bits per heavy atom. The van der Waals surface area contributed by atoms with Gasteiger partial charge in [0.2, 0.25) is 0 Å². The number of nitrogens with zero attached hydrogens (tertiary/aromatic N) is 1. The van der Waals surface area contributed by atoms with Crippen molar-refractivity contribution in [2.24, 2.45) is 4.99 Å². The van der Waals surface area contributed by atoms with Crippen molar-refractivity contribution in [1.82, 2.24) is 10.6 Å². The quantitative estimate of drug-likeness (QED) is 0.654. The molecule has 1 aromatic carbocycles. The minimum Gasteiger partial charge on any atom is -0.356 e. The molecule has 1 aliphatic rings. The highest BCUT2D eigenvalue weighted by Crippen LogP contribution is 2.43. The van der Waals surface area contributed by atoms with E-state index in [-0.39, 0.29) is 5.41 Å². The third kappa shape index (κ3) is 3.33. The molecule has 1 aliphatic carbocycles. The molecule has 3 nitrogen and oxygen atoms in total. The topological polar surface area (TPSA) is 36.4 Å². The summed E-state index contributed by atoms with van der Waals surface area (Å²) in [6, 6.07) is 13.0. The Hall–Kier alpha value is -1.81. The Kier molecular flexibility index (Phi) is 4.78. The summed E-state index contributed by atoms with van der Waals surface area (Å²) in [6.07, 6.45) is 3.83. The van der Waals surface area contributed by atoms with Crippen molar-refractivity contribution in [3.63, 3.8) is 0 Å². The van der Waals surface area contributed by atoms with E-state index in [9.17, 15) is 0 Å². The van der Waals surface area contributed by atoms with Gasteiger partial charge in [0.05, 0.1) is 0 Å². The first-order valence-corrected chi connectivity index (χ1v) is 8.78. The lowest BCUT2D eigenvalue weighted by molar-refractivity contribution is 0.244. The summed E-state index contributed by atoms with van der Waals surface area (Å²) < 4.78 is 0. The van der Waals surface area contributed by atoms with Gasteiger partial charge in [0.1, 0.15) is 0 Å². The molecular weight excluding hydrogens is 290 g/mol. The van der Waals surface area contributed by atoms with E-state index in [1.807, 2.05) is 7.05 Å². The van der Waals surface area contributed by atoms with Crippen LogP contribution in [0.2, 0.25) is 0 Å². The van der Waals surface area contributed by atoms with Gasteiger partial charge in [0.25, 0.3) is 0 Å². The van der Waals surface area contributed by atoms with E-state index in [0.717, 1.165) is 19.0 Å². The monoisotopic (exact) mass is 313 g/mol. The van der Waals surface area contributed by atoms with Crippen LogP contribution in [-0.2, 0) is 12.0 Å². The summed E-state index contributed by atoms with van der Waals surface area (Å²) in [7, 11) is 1.83. The Morgan fingerprint density at radius 1 is 1.18 bits per heavy atom. The maximum Gasteiger partial charge on any atom is 0.191 e. The van der Waals surface area contributed by atoms with Crippen molar-refractivity contribution in [3.8, 4) is 0 Å². The van der Waals surface area contributed by atoms with Gasteiger partial charge < -0.3 is 10.6 Å². The van der Waals surface area contributed by atoms with Crippen LogP contribution in [0.25, 0.3) is 0 Å². The van der Waals surface area contributed by atoms with Crippen LogP contribution in [0.5, 0.6) is 0 Å². The zero-order chi connectivity index (χ0) is 15.3. The van der Waals surface area contributed by atoms with Crippen molar-refractivity contribution in [2.45, 2.75) is 31.2 Å². The molecule has 2 aromatic rings. The van der Waals surface area contributed by atoms with E-state index in [4.69, 9.17) is 0 Å². The van der Waals surface area contributed by atoms with E-state index in [1.165, 1.54) is 30.4 Å². The van der Waals surface area contributed by atoms with Crippen molar-refractivity contribution in [2.75, 3.05) is 13.6 Å². The first-order chi connectivity index (χ1) is 10.8. The fourth-order valence-electron chi connectivity index (χ4n) is 3.02. The highest BCUT2D eigenvalue weighted by atomic mass is 32.1. The van der Waals surface area contributed by atoms with Gasteiger partial charge in [-0.15, -0.1) is 0 Å². The van der Waals surface area contributed by atoms with E-state index in [2.05, 4.69) is 62.8 Å². The molecule has 0 amide bonds. The van der Waals surface area contributed by atoms with Crippen LogP contribution >= 0.6 is 11.3 Å². The van der Waals surface area contributed by atoms with E-state index in [1.54, 1.807) is 11.3 Å². The first-order valence-electron chi connectivity index (χ1n) is 7.83. The van der Waals surface area contributed by atoms with Crippen LogP contribution in [0.4, 0.5) is 0 Å². The fourth-order valence-corrected chi connectivity index (χ4v) is 3.68. The maximum absolute atomic E-state index is 4.34. The van der Waals surface area contributed by atoms with Gasteiger partial charge in [-0.3, -0.25) is 4.99 Å². The lowest BCUT2D eigenvalue weighted by atomic mass is 9.64. The van der Waals surface area contributed by atoms with Gasteiger partial charge in [-0.25, -0.2) is 0 Å². The standard InChI is InChI=1S/C18H23N3S/c1-19-17(20-12-15-8-11-22-13-15)21-14-18(9-5-10-18)16-6-3-2-4-7-16/h2-4,6-8,11,13H,5,9-10,12,14H2,1H3,(H2,19,20,21). The van der Waals surface area contributed by atoms with Crippen molar-refractivity contribution < 1.29 is 0 Å². The summed E-state index contributed by atoms with van der Waals surface area (Å²) in [5.41, 5.74) is 3.03. The molecule has 0 atom stereocenters. The maximum atomic E-state index is 4.34. The fraction of sp³-hybridized carbons (Fsp3) is 0.389. The van der Waals surface area contributed by atoms with Gasteiger partial charge in [-0.1, -0.05) is 36.8 Å². The third-order valence-electron chi connectivity index (χ3n) is 4.55. The molecule has 22 heavy (non-hydrogen) atoms. The summed E-state index contributed by atoms with van der Waals surface area (Å²) in [5, 5.41) is 11.2. The summed E-state index contributed by atoms with van der Waals surface area (Å²) in [6.45, 7) is 1.77. The SMILES string of the molecule is CN=C(NCc1ccsc1)NCC1(c2ccccc2)CCC1. The average Bonchev–Trinajstić information content (AvgIpc) is 3.03. The van der Waals surface area contributed by atoms with E-state index < -0.39 is 0 Å². The molecule has 0 spiro atoms. The molecular formula is C18H23N3S. The van der Waals surface area contributed by atoms with Crippen LogP contribution in [0.1, 0.15) is 30.4 Å². The van der Waals surface area contributed by atoms with Crippen LogP contribution < -0.4 is 10.6 Å². The Bertz CT molecular complexity index is 601. The molecule has 0 saturated heterocycles. The number of nitrogens with one attached hydrogen (secondary N) is 2. The summed E-state index contributed by atoms with van der Waals surface area (Å²) in [5.74, 6) is 0.883. The Labute approximate surface area is 136 Å². The second-order valence-electron chi connectivity index (χ2n) is 5.91. The molecule has 116 valence electrons. The lowest BCUT2D eigenvalue weighted by Gasteiger charge is -2.43. The largest absolute Gasteiger partial charge is 0.356 e. The highest BCUT2D eigenvalue weighted by Gasteiger charge is 2.38. The Morgan fingerprint density at radius 2 is 2.00 bits per heavy atom. The van der Waals surface area contributed by atoms with E-state index in [0.29, 0.717) is 0 Å². The lowest BCUT2D eigenvalue weighted by Crippen LogP contribution is -2.48. The number of aliphatic imine (C=N–C) groups is 1. The van der Waals surface area contributed by atoms with Crippen molar-refractivity contribution >= 4 is 17.3 Å². The molecule has 0 unspecified atom stereocenters. The normalized spacial score (nSPS) is 16.9. The van der Waals surface area contributed by atoms with Gasteiger partial charge in [-0.2, -0.15) is 11.3 Å². The molecule has 0 radical (unpaired) electrons. The van der Waals surface area contributed by atoms with Crippen LogP contribution in [0.15, 0.2) is 52.2 Å². The third-order valence-corrected chi connectivity index (χ3v) is 5.29. The first kappa shape index (κ1) is 15.1. The predicted octanol–water partition coefficient (Wildman–Crippen LogP) is 3.54. The zero-order valence-corrected chi connectivity index (χ0v) is 13.8. The predicted molar refractivity (Wildman–Crippen MR) is 94.5 cm³/mol. The van der Waals surface area contributed by atoms with Gasteiger partial charge >= 0.3 is 0 Å². The number of hydrogen-bond acceptors (Lipinski definition) is 2. The summed E-state index contributed by atoms with van der Waals surface area (Å²) in [4.78, 5) is 4.34. The number of hydrogen-bond donors (Lipinski definition) is 2. The summed E-state index contributed by atoms with van der Waals surface area (Å²) >= 11 is 1.73. The number of benzene rings is 1. The molecule has 1 aromatic heterocycles. The smallest absolute Gasteiger partial charge is 0.191 e. The molecule has 4 heteroatoms. The number of thiophene rings is 1. The molecule has 0 aliphatic heterocycles. The minimum atomic E-state index is 0.279. The molecule has 2 N–H and O–H groups in total. The van der Waals surface area contributed by atoms with Crippen molar-refractivity contribution in [1.29, 1.82) is 0 Å². The van der Waals surface area contributed by atoms with Gasteiger partial charge in [-0.05, 0) is 40.8 Å². The van der Waals surface area contributed by atoms with Crippen LogP contribution in [0.3, 0.4) is 0 Å². The Balaban J connectivity index is 1.57. The van der Waals surface area contributed by atoms with Gasteiger partial charge in [0.15, 0.2) is 5.96 Å². The molecule has 0 bridgehead atoms. The highest BCUT2D eigenvalue weighted by molar-refractivity contribution is 7.07. The molecule has 1 saturated carbocycles. The number of rotatable bonds is 5. The average molecular weight is 313 g/mol. The van der Waals surface area contributed by atoms with E-state index >= 15 is 0 Å². The molecule has 3 rings (SSSR count). The minimum absolute atomic E-state index is 0.279. The van der Waals surface area contributed by atoms with Crippen molar-refractivity contribution in [3.05, 3.63) is 58.3 Å². The number of guanidine groups is 1. The molecule has 1 fully saturated rings. The van der Waals surface area contributed by atoms with Crippen LogP contribution in [0, 0.1) is 0 Å². The van der Waals surface area contributed by atoms with Gasteiger partial charge in [0, 0.05) is 25.6 Å². The molecule has 1 heterocycles.